The second kappa shape index (κ2) is 10.0. The van der Waals surface area contributed by atoms with Crippen LogP contribution >= 0.6 is 12.4 Å². The summed E-state index contributed by atoms with van der Waals surface area (Å²) in [6.07, 6.45) is 0. The number of rotatable bonds is 9. The third-order valence-electron chi connectivity index (χ3n) is 4.60. The van der Waals surface area contributed by atoms with Gasteiger partial charge < -0.3 is 15.2 Å². The minimum atomic E-state index is -3.85. The monoisotopic (exact) mass is 461 g/mol. The molecule has 160 valence electrons. The summed E-state index contributed by atoms with van der Waals surface area (Å²) in [5.74, 6) is -0.448. The molecule has 10 heteroatoms. The normalized spacial score (nSPS) is 17.5. The van der Waals surface area contributed by atoms with Crippen molar-refractivity contribution in [2.75, 3.05) is 32.1 Å². The Bertz CT molecular complexity index is 1030. The second-order valence-electron chi connectivity index (χ2n) is 6.47. The summed E-state index contributed by atoms with van der Waals surface area (Å²) in [6.45, 7) is 1.40. The maximum absolute atomic E-state index is 13.2. The van der Waals surface area contributed by atoms with Crippen LogP contribution in [0.3, 0.4) is 0 Å². The molecule has 1 atom stereocenters. The van der Waals surface area contributed by atoms with Crippen molar-refractivity contribution in [3.05, 3.63) is 59.7 Å². The zero-order valence-corrected chi connectivity index (χ0v) is 18.1. The Morgan fingerprint density at radius 2 is 1.79 bits per heavy atom. The van der Waals surface area contributed by atoms with Crippen LogP contribution in [0.5, 0.6) is 0 Å². The first kappa shape index (κ1) is 23.8. The lowest BCUT2D eigenvalue weighted by Crippen LogP contribution is -2.22. The number of aliphatic hydroxyl groups excluding tert-OH is 1. The van der Waals surface area contributed by atoms with Crippen LogP contribution in [0.1, 0.15) is 16.4 Å². The predicted octanol–water partition coefficient (Wildman–Crippen LogP) is 1.51. The van der Waals surface area contributed by atoms with Gasteiger partial charge in [0.2, 0.25) is 0 Å². The first-order chi connectivity index (χ1) is 13.4. The maximum Gasteiger partial charge on any atom is 0.186 e. The number of hydrogen-bond donors (Lipinski definition) is 2. The van der Waals surface area contributed by atoms with E-state index >= 15 is 0 Å². The molecule has 0 aliphatic carbocycles. The Morgan fingerprint density at radius 1 is 1.07 bits per heavy atom. The van der Waals surface area contributed by atoms with Gasteiger partial charge in [0, 0.05) is 13.1 Å². The highest BCUT2D eigenvalue weighted by molar-refractivity contribution is 7.96. The van der Waals surface area contributed by atoms with Crippen LogP contribution in [0.4, 0.5) is 0 Å². The van der Waals surface area contributed by atoms with E-state index in [2.05, 4.69) is 5.32 Å². The molecular weight excluding hydrogens is 438 g/mol. The van der Waals surface area contributed by atoms with Crippen molar-refractivity contribution in [1.29, 1.82) is 0 Å². The Labute approximate surface area is 177 Å². The highest BCUT2D eigenvalue weighted by atomic mass is 35.5. The zero-order valence-electron chi connectivity index (χ0n) is 15.7. The number of sulfone groups is 2. The number of benzene rings is 2. The van der Waals surface area contributed by atoms with E-state index in [0.29, 0.717) is 30.8 Å². The van der Waals surface area contributed by atoms with E-state index in [1.807, 2.05) is 0 Å². The topological polar surface area (TPSA) is 110 Å². The molecule has 0 spiro atoms. The van der Waals surface area contributed by atoms with Gasteiger partial charge in [0.1, 0.15) is 5.25 Å². The molecule has 0 saturated heterocycles. The summed E-state index contributed by atoms with van der Waals surface area (Å²) in [4.78, 5) is 0.205. The molecule has 7 nitrogen and oxygen atoms in total. The molecule has 0 radical (unpaired) electrons. The van der Waals surface area contributed by atoms with Crippen LogP contribution in [0.2, 0.25) is 0 Å². The van der Waals surface area contributed by atoms with Gasteiger partial charge in [-0.05, 0) is 29.3 Å². The zero-order chi connectivity index (χ0) is 20.2. The third kappa shape index (κ3) is 5.17. The first-order valence-electron chi connectivity index (χ1n) is 8.91. The standard InChI is InChI=1S/C19H23NO6S2.ClH/c21-10-12-26-11-9-20-13-15-5-4-8-17-19(15)18(14-27(17,22)23)28(24,25)16-6-2-1-3-7-16;/h1-8,18,20-21H,9-14H2;1H. The largest absolute Gasteiger partial charge is 0.394 e. The van der Waals surface area contributed by atoms with E-state index < -0.39 is 30.7 Å². The van der Waals surface area contributed by atoms with Crippen molar-refractivity contribution in [2.45, 2.75) is 21.6 Å². The van der Waals surface area contributed by atoms with Gasteiger partial charge in [0.25, 0.3) is 0 Å². The number of hydrogen-bond acceptors (Lipinski definition) is 7. The number of aliphatic hydroxyl groups is 1. The smallest absolute Gasteiger partial charge is 0.186 e. The van der Waals surface area contributed by atoms with Crippen molar-refractivity contribution in [3.63, 3.8) is 0 Å². The SMILES string of the molecule is Cl.O=S1(=O)CC(S(=O)(=O)c2ccccc2)c2c(CNCCOCCO)cccc21. The summed E-state index contributed by atoms with van der Waals surface area (Å²) in [7, 11) is -7.52. The molecule has 2 aromatic rings. The number of halogens is 1. The Kier molecular flexibility index (Phi) is 8.21. The van der Waals surface area contributed by atoms with Gasteiger partial charge in [-0.25, -0.2) is 16.8 Å². The molecule has 1 heterocycles. The maximum atomic E-state index is 13.2. The summed E-state index contributed by atoms with van der Waals surface area (Å²) >= 11 is 0. The third-order valence-corrected chi connectivity index (χ3v) is 8.69. The Balaban J connectivity index is 0.00000300. The molecule has 29 heavy (non-hydrogen) atoms. The minimum Gasteiger partial charge on any atom is -0.394 e. The highest BCUT2D eigenvalue weighted by Gasteiger charge is 2.44. The molecule has 2 aromatic carbocycles. The molecule has 0 bridgehead atoms. The van der Waals surface area contributed by atoms with E-state index in [-0.39, 0.29) is 35.4 Å². The van der Waals surface area contributed by atoms with E-state index in [0.717, 1.165) is 0 Å². The lowest BCUT2D eigenvalue weighted by atomic mass is 10.1. The number of ether oxygens (including phenoxy) is 1. The molecule has 2 N–H and O–H groups in total. The molecular formula is C19H24ClNO6S2. The van der Waals surface area contributed by atoms with Crippen LogP contribution in [0.15, 0.2) is 58.3 Å². The van der Waals surface area contributed by atoms with Crippen LogP contribution < -0.4 is 5.32 Å². The van der Waals surface area contributed by atoms with Crippen molar-refractivity contribution >= 4 is 32.1 Å². The van der Waals surface area contributed by atoms with Crippen molar-refractivity contribution in [2.24, 2.45) is 0 Å². The lowest BCUT2D eigenvalue weighted by Gasteiger charge is -2.16. The fourth-order valence-electron chi connectivity index (χ4n) is 3.31. The Hall–Kier alpha value is -1.49. The van der Waals surface area contributed by atoms with Gasteiger partial charge >= 0.3 is 0 Å². The lowest BCUT2D eigenvalue weighted by molar-refractivity contribution is 0.0938. The predicted molar refractivity (Wildman–Crippen MR) is 112 cm³/mol. The van der Waals surface area contributed by atoms with Gasteiger partial charge in [-0.3, -0.25) is 0 Å². The Morgan fingerprint density at radius 3 is 2.48 bits per heavy atom. The summed E-state index contributed by atoms with van der Waals surface area (Å²) in [6, 6.07) is 12.8. The molecule has 1 aliphatic rings. The average molecular weight is 462 g/mol. The quantitative estimate of drug-likeness (QED) is 0.544. The van der Waals surface area contributed by atoms with Crippen LogP contribution in [0, 0.1) is 0 Å². The van der Waals surface area contributed by atoms with Gasteiger partial charge in [-0.15, -0.1) is 12.4 Å². The molecule has 1 unspecified atom stereocenters. The fraction of sp³-hybridized carbons (Fsp3) is 0.368. The van der Waals surface area contributed by atoms with E-state index in [1.165, 1.54) is 18.2 Å². The molecule has 0 fully saturated rings. The van der Waals surface area contributed by atoms with Gasteiger partial charge in [0.05, 0.1) is 35.4 Å². The highest BCUT2D eigenvalue weighted by Crippen LogP contribution is 2.42. The van der Waals surface area contributed by atoms with Gasteiger partial charge in [-0.1, -0.05) is 30.3 Å². The average Bonchev–Trinajstić information content (AvgIpc) is 2.98. The van der Waals surface area contributed by atoms with E-state index in [4.69, 9.17) is 9.84 Å². The number of nitrogens with one attached hydrogen (secondary N) is 1. The van der Waals surface area contributed by atoms with Crippen molar-refractivity contribution < 1.29 is 26.7 Å². The van der Waals surface area contributed by atoms with E-state index in [1.54, 1.807) is 30.3 Å². The van der Waals surface area contributed by atoms with E-state index in [9.17, 15) is 16.8 Å². The molecule has 0 aromatic heterocycles. The molecule has 0 amide bonds. The van der Waals surface area contributed by atoms with Crippen LogP contribution in [-0.2, 0) is 31.0 Å². The van der Waals surface area contributed by atoms with Crippen LogP contribution in [0.25, 0.3) is 0 Å². The number of fused-ring (bicyclic) bond motifs is 1. The fourth-order valence-corrected chi connectivity index (χ4v) is 7.73. The van der Waals surface area contributed by atoms with Gasteiger partial charge in [-0.2, -0.15) is 0 Å². The van der Waals surface area contributed by atoms with Crippen molar-refractivity contribution in [3.8, 4) is 0 Å². The first-order valence-corrected chi connectivity index (χ1v) is 12.1. The minimum absolute atomic E-state index is 0. The molecule has 1 aliphatic heterocycles. The van der Waals surface area contributed by atoms with Crippen LogP contribution in [-0.4, -0.2) is 54.1 Å². The summed E-state index contributed by atoms with van der Waals surface area (Å²) < 4.78 is 56.7. The summed E-state index contributed by atoms with van der Waals surface area (Å²) in [5.41, 5.74) is 1.00. The summed E-state index contributed by atoms with van der Waals surface area (Å²) in [5, 5.41) is 10.7. The van der Waals surface area contributed by atoms with Gasteiger partial charge in [0.15, 0.2) is 19.7 Å². The molecule has 3 rings (SSSR count). The van der Waals surface area contributed by atoms with Crippen molar-refractivity contribution in [1.82, 2.24) is 5.32 Å². The second-order valence-corrected chi connectivity index (χ2v) is 10.6. The molecule has 0 saturated carbocycles.